The summed E-state index contributed by atoms with van der Waals surface area (Å²) < 4.78 is 7.62. The molecule has 3 aromatic rings. The number of ether oxygens (including phenoxy) is 1. The second-order valence-electron chi connectivity index (χ2n) is 7.77. The van der Waals surface area contributed by atoms with Crippen molar-refractivity contribution in [1.82, 2.24) is 4.57 Å². The lowest BCUT2D eigenvalue weighted by atomic mass is 9.84. The van der Waals surface area contributed by atoms with Gasteiger partial charge in [0, 0.05) is 11.9 Å². The van der Waals surface area contributed by atoms with Crippen molar-refractivity contribution in [3.63, 3.8) is 0 Å². The number of aromatic nitrogens is 1. The van der Waals surface area contributed by atoms with Crippen molar-refractivity contribution in [2.24, 2.45) is 4.99 Å². The maximum atomic E-state index is 9.64. The lowest BCUT2D eigenvalue weighted by molar-refractivity contribution is 0.275. The van der Waals surface area contributed by atoms with E-state index in [1.807, 2.05) is 31.2 Å². The molecule has 0 amide bonds. The number of thiazole rings is 1. The van der Waals surface area contributed by atoms with Gasteiger partial charge in [-0.3, -0.25) is 0 Å². The second kappa shape index (κ2) is 10.1. The summed E-state index contributed by atoms with van der Waals surface area (Å²) in [7, 11) is 0. The summed E-state index contributed by atoms with van der Waals surface area (Å²) in [6.07, 6.45) is 6.71. The van der Waals surface area contributed by atoms with E-state index in [9.17, 15) is 5.11 Å². The Hall–Kier alpha value is -2.37. The fourth-order valence-electron chi connectivity index (χ4n) is 4.22. The fourth-order valence-corrected chi connectivity index (χ4v) is 5.18. The Morgan fingerprint density at radius 3 is 2.43 bits per heavy atom. The van der Waals surface area contributed by atoms with Gasteiger partial charge in [-0.15, -0.1) is 11.3 Å². The van der Waals surface area contributed by atoms with Gasteiger partial charge in [0.15, 0.2) is 4.80 Å². The number of aliphatic hydroxyl groups is 1. The van der Waals surface area contributed by atoms with Crippen LogP contribution in [0.4, 0.5) is 5.69 Å². The van der Waals surface area contributed by atoms with Crippen LogP contribution in [0.25, 0.3) is 11.3 Å². The van der Waals surface area contributed by atoms with Crippen LogP contribution in [0.1, 0.15) is 50.5 Å². The molecule has 1 aliphatic carbocycles. The molecule has 1 fully saturated rings. The zero-order valence-corrected chi connectivity index (χ0v) is 18.4. The van der Waals surface area contributed by atoms with Gasteiger partial charge in [0.25, 0.3) is 0 Å². The Labute approximate surface area is 182 Å². The van der Waals surface area contributed by atoms with Crippen LogP contribution in [0, 0.1) is 0 Å². The molecule has 4 rings (SSSR count). The van der Waals surface area contributed by atoms with E-state index in [2.05, 4.69) is 34.2 Å². The minimum absolute atomic E-state index is 0.0837. The first-order chi connectivity index (χ1) is 14.8. The molecule has 0 radical (unpaired) electrons. The zero-order chi connectivity index (χ0) is 20.8. The molecule has 1 saturated carbocycles. The average Bonchev–Trinajstić information content (AvgIpc) is 3.18. The normalized spacial score (nSPS) is 15.5. The predicted octanol–water partition coefficient (Wildman–Crippen LogP) is 5.89. The first-order valence-electron chi connectivity index (χ1n) is 11.0. The number of hydrogen-bond acceptors (Lipinski definition) is 4. The molecule has 0 bridgehead atoms. The molecule has 0 aliphatic heterocycles. The van der Waals surface area contributed by atoms with Gasteiger partial charge in [-0.25, -0.2) is 4.99 Å². The number of nitrogens with zero attached hydrogens (tertiary/aromatic N) is 2. The van der Waals surface area contributed by atoms with Crippen molar-refractivity contribution < 1.29 is 9.84 Å². The van der Waals surface area contributed by atoms with Gasteiger partial charge < -0.3 is 14.4 Å². The van der Waals surface area contributed by atoms with E-state index >= 15 is 0 Å². The van der Waals surface area contributed by atoms with E-state index in [1.165, 1.54) is 43.2 Å². The van der Waals surface area contributed by atoms with Gasteiger partial charge in [-0.05, 0) is 61.1 Å². The van der Waals surface area contributed by atoms with Crippen molar-refractivity contribution in [3.05, 3.63) is 64.3 Å². The molecule has 1 heterocycles. The van der Waals surface area contributed by atoms with Crippen LogP contribution in [0.3, 0.4) is 0 Å². The Kier molecular flexibility index (Phi) is 7.03. The molecule has 2 aromatic carbocycles. The highest BCUT2D eigenvalue weighted by Crippen LogP contribution is 2.33. The summed E-state index contributed by atoms with van der Waals surface area (Å²) >= 11 is 1.61. The fraction of sp³-hybridized carbons (Fsp3) is 0.400. The maximum absolute atomic E-state index is 9.64. The maximum Gasteiger partial charge on any atom is 0.190 e. The zero-order valence-electron chi connectivity index (χ0n) is 17.6. The predicted molar refractivity (Wildman–Crippen MR) is 123 cm³/mol. The van der Waals surface area contributed by atoms with Crippen LogP contribution in [0.2, 0.25) is 0 Å². The summed E-state index contributed by atoms with van der Waals surface area (Å²) in [5, 5.41) is 11.8. The molecule has 1 aromatic heterocycles. The molecule has 4 nitrogen and oxygen atoms in total. The minimum atomic E-state index is 0.0837. The average molecular weight is 423 g/mol. The van der Waals surface area contributed by atoms with E-state index in [0.717, 1.165) is 21.9 Å². The highest BCUT2D eigenvalue weighted by atomic mass is 32.1. The van der Waals surface area contributed by atoms with Crippen LogP contribution >= 0.6 is 11.3 Å². The topological polar surface area (TPSA) is 46.8 Å². The van der Waals surface area contributed by atoms with Gasteiger partial charge in [-0.1, -0.05) is 43.5 Å². The molecule has 0 unspecified atom stereocenters. The van der Waals surface area contributed by atoms with Crippen LogP contribution in [0.5, 0.6) is 5.75 Å². The molecular weight excluding hydrogens is 392 g/mol. The van der Waals surface area contributed by atoms with E-state index < -0.39 is 0 Å². The molecule has 1 N–H and O–H groups in total. The highest BCUT2D eigenvalue weighted by molar-refractivity contribution is 7.07. The summed E-state index contributed by atoms with van der Waals surface area (Å²) in [5.41, 5.74) is 4.62. The molecule has 1 aliphatic rings. The smallest absolute Gasteiger partial charge is 0.190 e. The monoisotopic (exact) mass is 422 g/mol. The number of benzene rings is 2. The van der Waals surface area contributed by atoms with Crippen LogP contribution < -0.4 is 9.54 Å². The summed E-state index contributed by atoms with van der Waals surface area (Å²) in [5.74, 6) is 1.56. The van der Waals surface area contributed by atoms with Crippen molar-refractivity contribution >= 4 is 17.0 Å². The Morgan fingerprint density at radius 1 is 1.03 bits per heavy atom. The second-order valence-corrected chi connectivity index (χ2v) is 8.61. The number of aliphatic hydroxyl groups excluding tert-OH is 1. The van der Waals surface area contributed by atoms with E-state index in [4.69, 9.17) is 9.73 Å². The first kappa shape index (κ1) is 20.9. The lowest BCUT2D eigenvalue weighted by Crippen LogP contribution is -2.17. The van der Waals surface area contributed by atoms with Crippen molar-refractivity contribution in [1.29, 1.82) is 0 Å². The van der Waals surface area contributed by atoms with Gasteiger partial charge >= 0.3 is 0 Å². The highest BCUT2D eigenvalue weighted by Gasteiger charge is 2.16. The third-order valence-corrected chi connectivity index (χ3v) is 6.64. The summed E-state index contributed by atoms with van der Waals surface area (Å²) in [6.45, 7) is 3.24. The molecule has 0 spiro atoms. The van der Waals surface area contributed by atoms with Crippen LogP contribution in [-0.4, -0.2) is 22.9 Å². The molecule has 158 valence electrons. The SMILES string of the molecule is CCOc1ccc(N=c2scc(-c3ccc(C4CCCCC4)cc3)n2CCO)cc1. The lowest BCUT2D eigenvalue weighted by Gasteiger charge is -2.22. The molecule has 0 atom stereocenters. The first-order valence-corrected chi connectivity index (χ1v) is 11.8. The molecular formula is C25H30N2O2S. The van der Waals surface area contributed by atoms with Crippen LogP contribution in [0.15, 0.2) is 58.9 Å². The van der Waals surface area contributed by atoms with E-state index in [-0.39, 0.29) is 6.61 Å². The largest absolute Gasteiger partial charge is 0.494 e. The van der Waals surface area contributed by atoms with Crippen molar-refractivity contribution in [2.45, 2.75) is 51.5 Å². The summed E-state index contributed by atoms with van der Waals surface area (Å²) in [4.78, 5) is 5.70. The molecule has 5 heteroatoms. The Bertz CT molecular complexity index is 997. The minimum Gasteiger partial charge on any atom is -0.494 e. The Balaban J connectivity index is 1.62. The van der Waals surface area contributed by atoms with Gasteiger partial charge in [-0.2, -0.15) is 0 Å². The number of rotatable bonds is 7. The van der Waals surface area contributed by atoms with Crippen molar-refractivity contribution in [3.8, 4) is 17.0 Å². The number of hydrogen-bond donors (Lipinski definition) is 1. The van der Waals surface area contributed by atoms with E-state index in [0.29, 0.717) is 19.1 Å². The quantitative estimate of drug-likeness (QED) is 0.516. The van der Waals surface area contributed by atoms with Gasteiger partial charge in [0.05, 0.1) is 24.6 Å². The third-order valence-electron chi connectivity index (χ3n) is 5.78. The van der Waals surface area contributed by atoms with E-state index in [1.54, 1.807) is 11.3 Å². The summed E-state index contributed by atoms with van der Waals surface area (Å²) in [6, 6.07) is 16.8. The van der Waals surface area contributed by atoms with Gasteiger partial charge in [0.1, 0.15) is 5.75 Å². The van der Waals surface area contributed by atoms with Gasteiger partial charge in [0.2, 0.25) is 0 Å². The molecule has 0 saturated heterocycles. The van der Waals surface area contributed by atoms with Crippen LogP contribution in [-0.2, 0) is 6.54 Å². The standard InChI is InChI=1S/C25H30N2O2S/c1-2-29-23-14-12-22(13-15-23)26-25-27(16-17-28)24(18-30-25)21-10-8-20(9-11-21)19-6-4-3-5-7-19/h8-15,18-19,28H,2-7,16-17H2,1H3. The third kappa shape index (κ3) is 4.85. The Morgan fingerprint density at radius 2 is 1.77 bits per heavy atom. The molecule has 30 heavy (non-hydrogen) atoms. The van der Waals surface area contributed by atoms with Crippen molar-refractivity contribution in [2.75, 3.05) is 13.2 Å².